The molecule has 4 rings (SSSR count). The van der Waals surface area contributed by atoms with Crippen LogP contribution in [0.4, 0.5) is 5.69 Å². The maximum absolute atomic E-state index is 12.0. The quantitative estimate of drug-likeness (QED) is 0.201. The van der Waals surface area contributed by atoms with E-state index in [1.54, 1.807) is 56.3 Å². The molecule has 7 N–H and O–H groups in total. The number of hydrogen-bond acceptors (Lipinski definition) is 12. The van der Waals surface area contributed by atoms with Crippen LogP contribution in [0.5, 0.6) is 17.2 Å². The van der Waals surface area contributed by atoms with Gasteiger partial charge in [-0.3, -0.25) is 4.79 Å². The van der Waals surface area contributed by atoms with Crippen LogP contribution in [0.15, 0.2) is 42.5 Å². The molecule has 2 saturated heterocycles. The van der Waals surface area contributed by atoms with Crippen molar-refractivity contribution in [2.24, 2.45) is 5.92 Å². The van der Waals surface area contributed by atoms with E-state index in [4.69, 9.17) is 23.7 Å². The molecule has 13 heteroatoms. The first-order valence-electron chi connectivity index (χ1n) is 13.7. The van der Waals surface area contributed by atoms with Crippen molar-refractivity contribution in [3.63, 3.8) is 0 Å². The van der Waals surface area contributed by atoms with Gasteiger partial charge < -0.3 is 59.6 Å². The van der Waals surface area contributed by atoms with Gasteiger partial charge in [0.1, 0.15) is 42.4 Å². The minimum atomic E-state index is -1.66. The van der Waals surface area contributed by atoms with Gasteiger partial charge >= 0.3 is 0 Å². The van der Waals surface area contributed by atoms with Gasteiger partial charge in [0.25, 0.3) is 0 Å². The Balaban J connectivity index is 1.53. The summed E-state index contributed by atoms with van der Waals surface area (Å²) in [5.74, 6) is 0.878. The first-order valence-corrected chi connectivity index (χ1v) is 13.7. The molecule has 0 bridgehead atoms. The smallest absolute Gasteiger partial charge is 0.226 e. The highest BCUT2D eigenvalue weighted by atomic mass is 16.7. The SMILES string of the molecule is COc1ccc([C@H]2O[C@H](CO)C[C@H](O[C@H]3O[C@H](CO)[C@@H](O)[C@H](O)[C@@H]3O)[C@@H]2O)cc1Oc1ccc(NC(=O)C(C)C)cc1. The summed E-state index contributed by atoms with van der Waals surface area (Å²) < 4.78 is 28.7. The van der Waals surface area contributed by atoms with E-state index >= 15 is 0 Å². The van der Waals surface area contributed by atoms with Crippen LogP contribution in [-0.4, -0.2) is 106 Å². The van der Waals surface area contributed by atoms with Gasteiger partial charge in [-0.05, 0) is 42.0 Å². The van der Waals surface area contributed by atoms with Crippen molar-refractivity contribution in [3.8, 4) is 17.2 Å². The number of benzene rings is 2. The summed E-state index contributed by atoms with van der Waals surface area (Å²) in [5, 5.41) is 64.0. The van der Waals surface area contributed by atoms with Crippen molar-refractivity contribution < 1.29 is 59.1 Å². The van der Waals surface area contributed by atoms with Crippen LogP contribution in [0, 0.1) is 5.92 Å². The summed E-state index contributed by atoms with van der Waals surface area (Å²) in [6, 6.07) is 11.7. The number of ether oxygens (including phenoxy) is 5. The lowest BCUT2D eigenvalue weighted by Crippen LogP contribution is -2.60. The minimum Gasteiger partial charge on any atom is -0.493 e. The summed E-state index contributed by atoms with van der Waals surface area (Å²) >= 11 is 0. The van der Waals surface area contributed by atoms with E-state index in [0.717, 1.165) is 0 Å². The third-order valence-electron chi connectivity index (χ3n) is 7.28. The molecule has 0 aromatic heterocycles. The normalized spacial score (nSPS) is 31.5. The maximum Gasteiger partial charge on any atom is 0.226 e. The average molecular weight is 594 g/mol. The van der Waals surface area contributed by atoms with Crippen molar-refractivity contribution in [2.75, 3.05) is 25.6 Å². The van der Waals surface area contributed by atoms with E-state index in [2.05, 4.69) is 5.32 Å². The van der Waals surface area contributed by atoms with E-state index in [0.29, 0.717) is 28.5 Å². The van der Waals surface area contributed by atoms with Crippen molar-refractivity contribution in [1.29, 1.82) is 0 Å². The molecule has 232 valence electrons. The number of carbonyl (C=O) groups excluding carboxylic acids is 1. The Morgan fingerprint density at radius 3 is 2.26 bits per heavy atom. The van der Waals surface area contributed by atoms with Crippen LogP contribution in [0.3, 0.4) is 0 Å². The second-order valence-corrected chi connectivity index (χ2v) is 10.6. The molecule has 0 radical (unpaired) electrons. The Kier molecular flexibility index (Phi) is 10.8. The van der Waals surface area contributed by atoms with E-state index < -0.39 is 68.3 Å². The van der Waals surface area contributed by atoms with Crippen LogP contribution in [-0.2, 0) is 19.0 Å². The standard InChI is InChI=1S/C29H39NO12/c1-14(2)28(37)30-16-5-7-17(8-6-16)39-20-10-15(4-9-19(20)38-3)27-24(34)21(11-18(12-31)40-27)41-29-26(36)25(35)23(33)22(13-32)42-29/h4-10,14,18,21-27,29,31-36H,11-13H2,1-3H3,(H,30,37)/t18-,21-,22+,23+,24-,25-,26-,27+,29-/m0/s1. The highest BCUT2D eigenvalue weighted by Gasteiger charge is 2.47. The second kappa shape index (κ2) is 14.1. The number of anilines is 1. The number of carbonyl (C=O) groups is 1. The number of nitrogens with one attached hydrogen (secondary N) is 1. The fraction of sp³-hybridized carbons (Fsp3) is 0.552. The molecule has 0 unspecified atom stereocenters. The molecule has 0 aliphatic carbocycles. The maximum atomic E-state index is 12.0. The first-order chi connectivity index (χ1) is 20.1. The summed E-state index contributed by atoms with van der Waals surface area (Å²) in [5.41, 5.74) is 1.08. The molecular weight excluding hydrogens is 554 g/mol. The van der Waals surface area contributed by atoms with Crippen molar-refractivity contribution in [3.05, 3.63) is 48.0 Å². The Labute approximate surface area is 243 Å². The van der Waals surface area contributed by atoms with E-state index in [9.17, 15) is 35.4 Å². The largest absolute Gasteiger partial charge is 0.493 e. The molecule has 0 spiro atoms. The van der Waals surface area contributed by atoms with Gasteiger partial charge in [0.15, 0.2) is 17.8 Å². The molecule has 2 aromatic rings. The molecule has 2 fully saturated rings. The van der Waals surface area contributed by atoms with Gasteiger partial charge in [0.2, 0.25) is 5.91 Å². The molecule has 2 aliphatic heterocycles. The Hall–Kier alpha value is -2.85. The predicted molar refractivity (Wildman–Crippen MR) is 147 cm³/mol. The fourth-order valence-electron chi connectivity index (χ4n) is 4.79. The molecule has 2 aliphatic rings. The number of hydrogen-bond donors (Lipinski definition) is 7. The highest BCUT2D eigenvalue weighted by Crippen LogP contribution is 2.40. The monoisotopic (exact) mass is 593 g/mol. The Morgan fingerprint density at radius 2 is 1.64 bits per heavy atom. The van der Waals surface area contributed by atoms with Crippen LogP contribution < -0.4 is 14.8 Å². The topological polar surface area (TPSA) is 197 Å². The lowest BCUT2D eigenvalue weighted by atomic mass is 9.92. The van der Waals surface area contributed by atoms with Gasteiger partial charge in [0.05, 0.1) is 32.5 Å². The van der Waals surface area contributed by atoms with Gasteiger partial charge in [-0.2, -0.15) is 0 Å². The average Bonchev–Trinajstić information content (AvgIpc) is 2.99. The Morgan fingerprint density at radius 1 is 0.929 bits per heavy atom. The molecular formula is C29H39NO12. The van der Waals surface area contributed by atoms with Crippen LogP contribution in [0.25, 0.3) is 0 Å². The zero-order valence-corrected chi connectivity index (χ0v) is 23.6. The van der Waals surface area contributed by atoms with Crippen molar-refractivity contribution in [1.82, 2.24) is 0 Å². The second-order valence-electron chi connectivity index (χ2n) is 10.6. The van der Waals surface area contributed by atoms with Crippen LogP contribution in [0.2, 0.25) is 0 Å². The lowest BCUT2D eigenvalue weighted by molar-refractivity contribution is -0.329. The third kappa shape index (κ3) is 7.19. The summed E-state index contributed by atoms with van der Waals surface area (Å²) in [4.78, 5) is 12.0. The zero-order valence-electron chi connectivity index (χ0n) is 23.6. The van der Waals surface area contributed by atoms with Gasteiger partial charge in [-0.25, -0.2) is 0 Å². The van der Waals surface area contributed by atoms with Crippen molar-refractivity contribution >= 4 is 11.6 Å². The van der Waals surface area contributed by atoms with E-state index in [-0.39, 0.29) is 18.2 Å². The fourth-order valence-corrected chi connectivity index (χ4v) is 4.79. The molecule has 2 heterocycles. The Bertz CT molecular complexity index is 1180. The first kappa shape index (κ1) is 32.1. The number of methoxy groups -OCH3 is 1. The van der Waals surface area contributed by atoms with Crippen LogP contribution >= 0.6 is 0 Å². The lowest BCUT2D eigenvalue weighted by Gasteiger charge is -2.44. The third-order valence-corrected chi connectivity index (χ3v) is 7.28. The summed E-state index contributed by atoms with van der Waals surface area (Å²) in [7, 11) is 1.48. The minimum absolute atomic E-state index is 0.0302. The van der Waals surface area contributed by atoms with E-state index in [1.165, 1.54) is 7.11 Å². The van der Waals surface area contributed by atoms with Crippen LogP contribution in [0.1, 0.15) is 31.9 Å². The highest BCUT2D eigenvalue weighted by molar-refractivity contribution is 5.92. The van der Waals surface area contributed by atoms with Gasteiger partial charge in [0, 0.05) is 18.0 Å². The number of rotatable bonds is 10. The van der Waals surface area contributed by atoms with E-state index in [1.807, 2.05) is 0 Å². The van der Waals surface area contributed by atoms with Gasteiger partial charge in [-0.15, -0.1) is 0 Å². The van der Waals surface area contributed by atoms with Gasteiger partial charge in [-0.1, -0.05) is 19.9 Å². The van der Waals surface area contributed by atoms with Crippen molar-refractivity contribution in [2.45, 2.75) is 75.4 Å². The number of amides is 1. The molecule has 42 heavy (non-hydrogen) atoms. The number of aliphatic hydroxyl groups is 6. The molecule has 9 atom stereocenters. The summed E-state index contributed by atoms with van der Waals surface area (Å²) in [6.45, 7) is 2.57. The summed E-state index contributed by atoms with van der Waals surface area (Å²) in [6.07, 6.45) is -11.6. The number of aliphatic hydroxyl groups excluding tert-OH is 6. The molecule has 13 nitrogen and oxygen atoms in total. The molecule has 2 aromatic carbocycles. The molecule has 1 amide bonds. The predicted octanol–water partition coefficient (Wildman–Crippen LogP) is 0.450. The zero-order chi connectivity index (χ0) is 30.6. The molecule has 0 saturated carbocycles.